The zero-order valence-corrected chi connectivity index (χ0v) is 18.8. The average molecular weight is 417 g/mol. The van der Waals surface area contributed by atoms with Crippen LogP contribution in [0.25, 0.3) is 0 Å². The molecule has 0 N–H and O–H groups in total. The summed E-state index contributed by atoms with van der Waals surface area (Å²) in [4.78, 5) is 0. The molecule has 30 heavy (non-hydrogen) atoms. The summed E-state index contributed by atoms with van der Waals surface area (Å²) >= 11 is 0. The lowest BCUT2D eigenvalue weighted by Crippen LogP contribution is -2.34. The molecule has 3 aliphatic rings. The number of allylic oxidation sites excluding steroid dienone is 1. The fourth-order valence-electron chi connectivity index (χ4n) is 6.45. The van der Waals surface area contributed by atoms with Gasteiger partial charge in [0.15, 0.2) is 11.6 Å². The monoisotopic (exact) mass is 416 g/mol. The molecule has 166 valence electrons. The zero-order valence-electron chi connectivity index (χ0n) is 18.8. The molecule has 0 amide bonds. The number of rotatable bonds is 6. The lowest BCUT2D eigenvalue weighted by atomic mass is 9.65. The molecule has 0 heterocycles. The van der Waals surface area contributed by atoms with E-state index < -0.39 is 11.6 Å². The third-order valence-corrected chi connectivity index (χ3v) is 8.11. The van der Waals surface area contributed by atoms with Crippen molar-refractivity contribution >= 4 is 0 Å². The van der Waals surface area contributed by atoms with Crippen LogP contribution in [0.5, 0.6) is 0 Å². The summed E-state index contributed by atoms with van der Waals surface area (Å²) in [7, 11) is 0. The normalized spacial score (nSPS) is 31.5. The first-order valence-corrected chi connectivity index (χ1v) is 12.3. The van der Waals surface area contributed by atoms with Gasteiger partial charge in [-0.05, 0) is 105 Å². The predicted octanol–water partition coefficient (Wildman–Crippen LogP) is 7.51. The average Bonchev–Trinajstić information content (AvgIpc) is 2.76. The quantitative estimate of drug-likeness (QED) is 0.436. The van der Waals surface area contributed by atoms with Crippen LogP contribution in [0.15, 0.2) is 18.2 Å². The minimum atomic E-state index is -0.544. The minimum Gasteiger partial charge on any atom is -0.374 e. The fraction of sp³-hybridized carbons (Fsp3) is 0.704. The molecule has 2 fully saturated rings. The maximum absolute atomic E-state index is 15.1. The molecule has 1 aromatic carbocycles. The molecule has 5 atom stereocenters. The van der Waals surface area contributed by atoms with E-state index >= 15 is 8.78 Å². The van der Waals surface area contributed by atoms with Gasteiger partial charge in [0.2, 0.25) is 0 Å². The van der Waals surface area contributed by atoms with Crippen molar-refractivity contribution in [3.05, 3.63) is 46.5 Å². The molecule has 1 aromatic rings. The van der Waals surface area contributed by atoms with Crippen LogP contribution in [-0.4, -0.2) is 12.7 Å². The Bertz CT molecular complexity index is 756. The van der Waals surface area contributed by atoms with Crippen LogP contribution >= 0.6 is 0 Å². The van der Waals surface area contributed by atoms with Crippen molar-refractivity contribution in [2.75, 3.05) is 6.61 Å². The summed E-state index contributed by atoms with van der Waals surface area (Å²) in [5.41, 5.74) is 2.43. The zero-order chi connectivity index (χ0) is 21.1. The van der Waals surface area contributed by atoms with Gasteiger partial charge in [0, 0.05) is 0 Å². The topological polar surface area (TPSA) is 9.23 Å². The Morgan fingerprint density at radius 1 is 1.03 bits per heavy atom. The van der Waals surface area contributed by atoms with Gasteiger partial charge in [0.1, 0.15) is 0 Å². The Kier molecular flexibility index (Phi) is 7.28. The summed E-state index contributed by atoms with van der Waals surface area (Å²) in [6, 6.07) is 2.05. The molecular weight excluding hydrogens is 378 g/mol. The maximum Gasteiger partial charge on any atom is 0.162 e. The number of benzene rings is 1. The molecule has 0 aliphatic heterocycles. The van der Waals surface area contributed by atoms with Crippen LogP contribution < -0.4 is 0 Å². The SMILES string of the molecule is C/C=C/COC1CCC2CC(c3cc4c(c(F)c3F)CC(CCC)CC4)CCC2C1. The van der Waals surface area contributed by atoms with Crippen LogP contribution in [0.1, 0.15) is 94.2 Å². The molecular formula is C27H38F2O. The van der Waals surface area contributed by atoms with Crippen LogP contribution in [0.3, 0.4) is 0 Å². The highest BCUT2D eigenvalue weighted by molar-refractivity contribution is 5.38. The highest BCUT2D eigenvalue weighted by Gasteiger charge is 2.38. The summed E-state index contributed by atoms with van der Waals surface area (Å²) in [6.07, 6.45) is 16.0. The van der Waals surface area contributed by atoms with E-state index in [9.17, 15) is 0 Å². The number of aryl methyl sites for hydroxylation is 1. The molecule has 0 saturated heterocycles. The lowest BCUT2D eigenvalue weighted by Gasteiger charge is -2.42. The van der Waals surface area contributed by atoms with Crippen molar-refractivity contribution in [3.63, 3.8) is 0 Å². The molecule has 2 saturated carbocycles. The van der Waals surface area contributed by atoms with Crippen molar-refractivity contribution in [3.8, 4) is 0 Å². The van der Waals surface area contributed by atoms with Gasteiger partial charge in [-0.1, -0.05) is 38.0 Å². The van der Waals surface area contributed by atoms with Crippen LogP contribution in [0.4, 0.5) is 8.78 Å². The first-order chi connectivity index (χ1) is 14.6. The predicted molar refractivity (Wildman–Crippen MR) is 119 cm³/mol. The number of ether oxygens (including phenoxy) is 1. The number of fused-ring (bicyclic) bond motifs is 2. The van der Waals surface area contributed by atoms with Gasteiger partial charge in [0.05, 0.1) is 12.7 Å². The second kappa shape index (κ2) is 9.94. The van der Waals surface area contributed by atoms with E-state index in [2.05, 4.69) is 13.0 Å². The van der Waals surface area contributed by atoms with E-state index in [-0.39, 0.29) is 5.92 Å². The molecule has 5 unspecified atom stereocenters. The van der Waals surface area contributed by atoms with Gasteiger partial charge in [-0.25, -0.2) is 8.78 Å². The fourth-order valence-corrected chi connectivity index (χ4v) is 6.45. The van der Waals surface area contributed by atoms with Crippen LogP contribution in [0.2, 0.25) is 0 Å². The summed E-state index contributed by atoms with van der Waals surface area (Å²) < 4.78 is 36.2. The Labute approximate surface area is 181 Å². The number of hydrogen-bond acceptors (Lipinski definition) is 1. The Morgan fingerprint density at radius 2 is 1.83 bits per heavy atom. The van der Waals surface area contributed by atoms with Gasteiger partial charge < -0.3 is 4.74 Å². The molecule has 1 nitrogen and oxygen atoms in total. The van der Waals surface area contributed by atoms with Crippen LogP contribution in [0, 0.1) is 29.4 Å². The van der Waals surface area contributed by atoms with Crippen molar-refractivity contribution in [2.45, 2.75) is 96.5 Å². The largest absolute Gasteiger partial charge is 0.374 e. The van der Waals surface area contributed by atoms with Crippen molar-refractivity contribution in [1.29, 1.82) is 0 Å². The standard InChI is InChI=1S/C27H38F2O/c1-3-5-13-30-23-12-11-19-15-21(10-9-20(19)16-23)25-17-22-8-7-18(6-4-2)14-24(22)26(28)27(25)29/h3,5,17-21,23H,4,6-16H2,1-2H3/b5-3+. The molecule has 0 spiro atoms. The Morgan fingerprint density at radius 3 is 2.63 bits per heavy atom. The smallest absolute Gasteiger partial charge is 0.162 e. The minimum absolute atomic E-state index is 0.180. The Hall–Kier alpha value is -1.22. The van der Waals surface area contributed by atoms with E-state index in [1.54, 1.807) is 0 Å². The molecule has 3 heteroatoms. The van der Waals surface area contributed by atoms with E-state index in [1.165, 1.54) is 0 Å². The van der Waals surface area contributed by atoms with E-state index in [4.69, 9.17) is 4.74 Å². The first kappa shape index (κ1) is 22.0. The molecule has 0 bridgehead atoms. The van der Waals surface area contributed by atoms with Gasteiger partial charge in [-0.15, -0.1) is 0 Å². The summed E-state index contributed by atoms with van der Waals surface area (Å²) in [6.45, 7) is 4.90. The maximum atomic E-state index is 15.1. The highest BCUT2D eigenvalue weighted by Crippen LogP contribution is 2.48. The third-order valence-electron chi connectivity index (χ3n) is 8.11. The molecule has 0 aromatic heterocycles. The first-order valence-electron chi connectivity index (χ1n) is 12.3. The highest BCUT2D eigenvalue weighted by atomic mass is 19.2. The third kappa shape index (κ3) is 4.66. The lowest BCUT2D eigenvalue weighted by molar-refractivity contribution is -0.00337. The van der Waals surface area contributed by atoms with Crippen LogP contribution in [-0.2, 0) is 17.6 Å². The van der Waals surface area contributed by atoms with Crippen molar-refractivity contribution < 1.29 is 13.5 Å². The Balaban J connectivity index is 1.43. The van der Waals surface area contributed by atoms with Crippen molar-refractivity contribution in [1.82, 2.24) is 0 Å². The second-order valence-electron chi connectivity index (χ2n) is 10.00. The molecule has 4 rings (SSSR count). The van der Waals surface area contributed by atoms with Gasteiger partial charge in [-0.3, -0.25) is 0 Å². The summed E-state index contributed by atoms with van der Waals surface area (Å²) in [5.74, 6) is 0.941. The number of halogens is 2. The van der Waals surface area contributed by atoms with E-state index in [1.807, 2.05) is 19.1 Å². The summed E-state index contributed by atoms with van der Waals surface area (Å²) in [5, 5.41) is 0. The van der Waals surface area contributed by atoms with Gasteiger partial charge in [0.25, 0.3) is 0 Å². The second-order valence-corrected chi connectivity index (χ2v) is 10.00. The molecule has 0 radical (unpaired) electrons. The van der Waals surface area contributed by atoms with E-state index in [0.717, 1.165) is 76.2 Å². The van der Waals surface area contributed by atoms with Gasteiger partial charge in [-0.2, -0.15) is 0 Å². The molecule has 3 aliphatic carbocycles. The van der Waals surface area contributed by atoms with Gasteiger partial charge >= 0.3 is 0 Å². The van der Waals surface area contributed by atoms with E-state index in [0.29, 0.717) is 41.6 Å². The number of hydrogen-bond donors (Lipinski definition) is 0. The van der Waals surface area contributed by atoms with Crippen molar-refractivity contribution in [2.24, 2.45) is 17.8 Å².